The highest BCUT2D eigenvalue weighted by atomic mass is 15.0. The van der Waals surface area contributed by atoms with E-state index in [-0.39, 0.29) is 0 Å². The third-order valence-corrected chi connectivity index (χ3v) is 4.62. The number of benzene rings is 1. The number of aryl methyl sites for hydroxylation is 2. The predicted molar refractivity (Wildman–Crippen MR) is 70.3 cm³/mol. The highest BCUT2D eigenvalue weighted by Crippen LogP contribution is 2.53. The number of nitrogens with zero attached hydrogens (tertiary/aromatic N) is 1. The molecule has 1 aliphatic heterocycles. The first kappa shape index (κ1) is 9.72. The number of fused-ring (bicyclic) bond motifs is 4. The van der Waals surface area contributed by atoms with Crippen LogP contribution >= 0.6 is 0 Å². The topological polar surface area (TPSA) is 17.0 Å². The van der Waals surface area contributed by atoms with E-state index in [4.69, 9.17) is 0 Å². The molecule has 1 aromatic heterocycles. The molecule has 1 aliphatic carbocycles. The molecule has 0 radical (unpaired) electrons. The van der Waals surface area contributed by atoms with E-state index < -0.39 is 0 Å². The maximum Gasteiger partial charge on any atom is 0.0483 e. The zero-order chi connectivity index (χ0) is 11.6. The number of hydrogen-bond donors (Lipinski definition) is 1. The van der Waals surface area contributed by atoms with Gasteiger partial charge in [-0.25, -0.2) is 0 Å². The third kappa shape index (κ3) is 1.14. The molecule has 2 aromatic rings. The number of hydrogen-bond acceptors (Lipinski definition) is 1. The Balaban J connectivity index is 2.13. The minimum atomic E-state index is 0.473. The van der Waals surface area contributed by atoms with Crippen molar-refractivity contribution >= 4 is 10.9 Å². The van der Waals surface area contributed by atoms with Crippen molar-refractivity contribution in [1.82, 2.24) is 9.88 Å². The molecule has 1 N–H and O–H groups in total. The Bertz CT molecular complexity index is 617. The van der Waals surface area contributed by atoms with Crippen molar-refractivity contribution in [2.45, 2.75) is 31.7 Å². The lowest BCUT2D eigenvalue weighted by atomic mass is 9.89. The highest BCUT2D eigenvalue weighted by Gasteiger charge is 2.49. The molecule has 1 spiro atoms. The van der Waals surface area contributed by atoms with Gasteiger partial charge in [0.1, 0.15) is 0 Å². The van der Waals surface area contributed by atoms with Gasteiger partial charge in [0, 0.05) is 42.1 Å². The molecule has 4 rings (SSSR count). The fourth-order valence-corrected chi connectivity index (χ4v) is 3.50. The standard InChI is InChI=1S/C15H18N2/c1-10-3-4-12-11(7-10)14-13(17(12)2)8-16-9-15(14)5-6-15/h3-4,7,16H,5-6,8-9H2,1-2H3. The molecule has 2 heteroatoms. The Hall–Kier alpha value is -1.28. The van der Waals surface area contributed by atoms with E-state index in [1.807, 2.05) is 0 Å². The maximum absolute atomic E-state index is 3.59. The predicted octanol–water partition coefficient (Wildman–Crippen LogP) is 2.62. The van der Waals surface area contributed by atoms with Crippen molar-refractivity contribution in [1.29, 1.82) is 0 Å². The van der Waals surface area contributed by atoms with Crippen molar-refractivity contribution in [3.8, 4) is 0 Å². The molecule has 2 heterocycles. The van der Waals surface area contributed by atoms with Gasteiger partial charge in [0.25, 0.3) is 0 Å². The second kappa shape index (κ2) is 2.94. The molecular weight excluding hydrogens is 208 g/mol. The fraction of sp³-hybridized carbons (Fsp3) is 0.467. The molecular formula is C15H18N2. The second-order valence-corrected chi connectivity index (χ2v) is 5.79. The van der Waals surface area contributed by atoms with E-state index >= 15 is 0 Å². The van der Waals surface area contributed by atoms with E-state index in [1.165, 1.54) is 41.5 Å². The molecule has 2 aliphatic rings. The van der Waals surface area contributed by atoms with Crippen LogP contribution in [0.1, 0.15) is 29.7 Å². The molecule has 0 bridgehead atoms. The fourth-order valence-electron chi connectivity index (χ4n) is 3.50. The van der Waals surface area contributed by atoms with Gasteiger partial charge < -0.3 is 9.88 Å². The summed E-state index contributed by atoms with van der Waals surface area (Å²) < 4.78 is 2.39. The van der Waals surface area contributed by atoms with Crippen LogP contribution in [0, 0.1) is 6.92 Å². The van der Waals surface area contributed by atoms with Gasteiger partial charge in [-0.3, -0.25) is 0 Å². The highest BCUT2D eigenvalue weighted by molar-refractivity contribution is 5.88. The zero-order valence-electron chi connectivity index (χ0n) is 10.5. The van der Waals surface area contributed by atoms with Crippen molar-refractivity contribution in [3.05, 3.63) is 35.0 Å². The van der Waals surface area contributed by atoms with E-state index in [2.05, 4.69) is 42.1 Å². The smallest absolute Gasteiger partial charge is 0.0483 e. The van der Waals surface area contributed by atoms with Crippen molar-refractivity contribution in [2.75, 3.05) is 6.54 Å². The van der Waals surface area contributed by atoms with Crippen LogP contribution in [0.25, 0.3) is 10.9 Å². The van der Waals surface area contributed by atoms with Crippen molar-refractivity contribution < 1.29 is 0 Å². The van der Waals surface area contributed by atoms with Gasteiger partial charge in [-0.15, -0.1) is 0 Å². The first-order valence-electron chi connectivity index (χ1n) is 6.50. The van der Waals surface area contributed by atoms with Gasteiger partial charge in [-0.05, 0) is 37.5 Å². The van der Waals surface area contributed by atoms with Crippen molar-refractivity contribution in [2.24, 2.45) is 7.05 Å². The molecule has 1 aromatic carbocycles. The Morgan fingerprint density at radius 3 is 2.88 bits per heavy atom. The van der Waals surface area contributed by atoms with Crippen LogP contribution in [-0.4, -0.2) is 11.1 Å². The molecule has 1 saturated carbocycles. The summed E-state index contributed by atoms with van der Waals surface area (Å²) in [6.45, 7) is 4.40. The third-order valence-electron chi connectivity index (χ3n) is 4.62. The van der Waals surface area contributed by atoms with E-state index in [0.29, 0.717) is 5.41 Å². The van der Waals surface area contributed by atoms with Crippen LogP contribution in [0.4, 0.5) is 0 Å². The minimum absolute atomic E-state index is 0.473. The van der Waals surface area contributed by atoms with E-state index in [9.17, 15) is 0 Å². The van der Waals surface area contributed by atoms with Gasteiger partial charge >= 0.3 is 0 Å². The minimum Gasteiger partial charge on any atom is -0.346 e. The molecule has 0 saturated heterocycles. The first-order valence-corrected chi connectivity index (χ1v) is 6.50. The Morgan fingerprint density at radius 1 is 1.29 bits per heavy atom. The van der Waals surface area contributed by atoms with Crippen LogP contribution in [0.5, 0.6) is 0 Å². The van der Waals surface area contributed by atoms with Crippen LogP contribution in [-0.2, 0) is 19.0 Å². The van der Waals surface area contributed by atoms with Gasteiger partial charge in [0.05, 0.1) is 0 Å². The molecule has 0 atom stereocenters. The molecule has 88 valence electrons. The largest absolute Gasteiger partial charge is 0.346 e. The number of nitrogens with one attached hydrogen (secondary N) is 1. The Morgan fingerprint density at radius 2 is 2.12 bits per heavy atom. The summed E-state index contributed by atoms with van der Waals surface area (Å²) in [6, 6.07) is 6.87. The Kier molecular flexibility index (Phi) is 1.68. The monoisotopic (exact) mass is 226 g/mol. The average molecular weight is 226 g/mol. The summed E-state index contributed by atoms with van der Waals surface area (Å²) in [5.41, 5.74) is 6.41. The summed E-state index contributed by atoms with van der Waals surface area (Å²) in [4.78, 5) is 0. The molecule has 0 unspecified atom stereocenters. The lowest BCUT2D eigenvalue weighted by molar-refractivity contribution is 0.518. The number of aromatic nitrogens is 1. The van der Waals surface area contributed by atoms with Gasteiger partial charge in [0.2, 0.25) is 0 Å². The van der Waals surface area contributed by atoms with Crippen LogP contribution in [0.15, 0.2) is 18.2 Å². The summed E-state index contributed by atoms with van der Waals surface area (Å²) in [7, 11) is 2.21. The average Bonchev–Trinajstić information content (AvgIpc) is 3.01. The summed E-state index contributed by atoms with van der Waals surface area (Å²) >= 11 is 0. The van der Waals surface area contributed by atoms with Crippen LogP contribution < -0.4 is 5.32 Å². The van der Waals surface area contributed by atoms with E-state index in [1.54, 1.807) is 5.56 Å². The normalized spacial score (nSPS) is 20.8. The van der Waals surface area contributed by atoms with Crippen molar-refractivity contribution in [3.63, 3.8) is 0 Å². The molecule has 17 heavy (non-hydrogen) atoms. The lowest BCUT2D eigenvalue weighted by Crippen LogP contribution is -2.33. The summed E-state index contributed by atoms with van der Waals surface area (Å²) in [6.07, 6.45) is 2.72. The Labute approximate surface area is 102 Å². The molecule has 2 nitrogen and oxygen atoms in total. The summed E-state index contributed by atoms with van der Waals surface area (Å²) in [5, 5.41) is 5.09. The second-order valence-electron chi connectivity index (χ2n) is 5.79. The molecule has 0 amide bonds. The van der Waals surface area contributed by atoms with Gasteiger partial charge in [0.15, 0.2) is 0 Å². The van der Waals surface area contributed by atoms with Crippen LogP contribution in [0.3, 0.4) is 0 Å². The van der Waals surface area contributed by atoms with E-state index in [0.717, 1.165) is 6.54 Å². The summed E-state index contributed by atoms with van der Waals surface area (Å²) in [5.74, 6) is 0. The van der Waals surface area contributed by atoms with Gasteiger partial charge in [-0.1, -0.05) is 11.6 Å². The maximum atomic E-state index is 3.59. The van der Waals surface area contributed by atoms with Gasteiger partial charge in [-0.2, -0.15) is 0 Å². The SMILES string of the molecule is Cc1ccc2c(c1)c1c(n2C)CNCC12CC2. The lowest BCUT2D eigenvalue weighted by Gasteiger charge is -2.24. The van der Waals surface area contributed by atoms with Crippen LogP contribution in [0.2, 0.25) is 0 Å². The quantitative estimate of drug-likeness (QED) is 0.730. The molecule has 1 fully saturated rings. The first-order chi connectivity index (χ1) is 8.21. The zero-order valence-corrected chi connectivity index (χ0v) is 10.5. The number of rotatable bonds is 0.